The lowest BCUT2D eigenvalue weighted by molar-refractivity contribution is 0.340. The maximum Gasteiger partial charge on any atom is 0.129 e. The van der Waals surface area contributed by atoms with Crippen molar-refractivity contribution in [3.05, 3.63) is 53.7 Å². The summed E-state index contributed by atoms with van der Waals surface area (Å²) in [5.41, 5.74) is 2.64. The van der Waals surface area contributed by atoms with Gasteiger partial charge in [-0.15, -0.1) is 0 Å². The molecule has 0 saturated carbocycles. The zero-order valence-corrected chi connectivity index (χ0v) is 11.1. The van der Waals surface area contributed by atoms with Crippen molar-refractivity contribution in [1.29, 1.82) is 0 Å². The van der Waals surface area contributed by atoms with Crippen LogP contribution in [0.5, 0.6) is 5.75 Å². The van der Waals surface area contributed by atoms with Crippen LogP contribution in [0, 0.1) is 0 Å². The molecule has 3 nitrogen and oxygen atoms in total. The Morgan fingerprint density at radius 2 is 2.26 bits per heavy atom. The van der Waals surface area contributed by atoms with E-state index in [1.165, 1.54) is 11.1 Å². The predicted molar refractivity (Wildman–Crippen MR) is 76.8 cm³/mol. The minimum atomic E-state index is 0.501. The van der Waals surface area contributed by atoms with E-state index in [-0.39, 0.29) is 0 Å². The molecule has 0 amide bonds. The van der Waals surface area contributed by atoms with Crippen molar-refractivity contribution < 1.29 is 4.74 Å². The number of pyridine rings is 1. The van der Waals surface area contributed by atoms with E-state index in [1.54, 1.807) is 0 Å². The van der Waals surface area contributed by atoms with Crippen molar-refractivity contribution in [3.8, 4) is 5.75 Å². The van der Waals surface area contributed by atoms with Gasteiger partial charge in [0.2, 0.25) is 0 Å². The average Bonchev–Trinajstić information content (AvgIpc) is 2.83. The van der Waals surface area contributed by atoms with Gasteiger partial charge >= 0.3 is 0 Å². The number of ether oxygens (including phenoxy) is 1. The molecule has 1 aliphatic rings. The van der Waals surface area contributed by atoms with Gasteiger partial charge in [-0.1, -0.05) is 18.2 Å². The minimum absolute atomic E-state index is 0.501. The number of nitrogens with zero attached hydrogens (tertiary/aromatic N) is 1. The van der Waals surface area contributed by atoms with Crippen LogP contribution in [0.1, 0.15) is 24.0 Å². The Hall–Kier alpha value is -2.03. The monoisotopic (exact) mass is 254 g/mol. The molecular weight excluding hydrogens is 236 g/mol. The summed E-state index contributed by atoms with van der Waals surface area (Å²) >= 11 is 0. The summed E-state index contributed by atoms with van der Waals surface area (Å²) < 4.78 is 5.55. The zero-order chi connectivity index (χ0) is 13.1. The average molecular weight is 254 g/mol. The fourth-order valence-electron chi connectivity index (χ4n) is 2.62. The molecule has 1 unspecified atom stereocenters. The number of aromatic nitrogens is 1. The summed E-state index contributed by atoms with van der Waals surface area (Å²) in [7, 11) is 0. The van der Waals surface area contributed by atoms with Gasteiger partial charge in [0.15, 0.2) is 0 Å². The molecule has 1 atom stereocenters. The highest BCUT2D eigenvalue weighted by atomic mass is 16.5. The summed E-state index contributed by atoms with van der Waals surface area (Å²) in [6.45, 7) is 3.68. The van der Waals surface area contributed by atoms with Crippen molar-refractivity contribution in [2.45, 2.75) is 19.3 Å². The van der Waals surface area contributed by atoms with Crippen LogP contribution >= 0.6 is 0 Å². The van der Waals surface area contributed by atoms with Gasteiger partial charge in [0, 0.05) is 18.7 Å². The number of nitrogens with one attached hydrogen (secondary N) is 1. The van der Waals surface area contributed by atoms with Crippen molar-refractivity contribution in [3.63, 3.8) is 0 Å². The lowest BCUT2D eigenvalue weighted by atomic mass is 9.95. The quantitative estimate of drug-likeness (QED) is 0.909. The molecule has 0 saturated heterocycles. The summed E-state index contributed by atoms with van der Waals surface area (Å²) in [5, 5.41) is 3.37. The van der Waals surface area contributed by atoms with Crippen LogP contribution in [0.25, 0.3) is 0 Å². The first-order chi connectivity index (χ1) is 9.36. The molecule has 2 aromatic rings. The molecule has 3 heteroatoms. The van der Waals surface area contributed by atoms with Gasteiger partial charge in [0.1, 0.15) is 11.6 Å². The predicted octanol–water partition coefficient (Wildman–Crippen LogP) is 3.23. The maximum atomic E-state index is 5.55. The van der Waals surface area contributed by atoms with E-state index in [2.05, 4.69) is 34.6 Å². The van der Waals surface area contributed by atoms with Gasteiger partial charge in [-0.05, 0) is 42.7 Å². The lowest BCUT2D eigenvalue weighted by Crippen LogP contribution is -2.05. The van der Waals surface area contributed by atoms with Crippen molar-refractivity contribution in [2.75, 3.05) is 18.5 Å². The third kappa shape index (κ3) is 2.55. The summed E-state index contributed by atoms with van der Waals surface area (Å²) in [6.07, 6.45) is 2.86. The van der Waals surface area contributed by atoms with E-state index >= 15 is 0 Å². The summed E-state index contributed by atoms with van der Waals surface area (Å²) in [6, 6.07) is 12.5. The minimum Gasteiger partial charge on any atom is -0.494 e. The van der Waals surface area contributed by atoms with E-state index in [0.29, 0.717) is 12.5 Å². The second kappa shape index (κ2) is 5.31. The van der Waals surface area contributed by atoms with Crippen LogP contribution in [0.3, 0.4) is 0 Å². The number of hydrogen-bond donors (Lipinski definition) is 1. The Balaban J connectivity index is 1.77. The molecule has 0 bridgehead atoms. The van der Waals surface area contributed by atoms with Gasteiger partial charge < -0.3 is 10.1 Å². The number of fused-ring (bicyclic) bond motifs is 1. The maximum absolute atomic E-state index is 5.55. The molecule has 1 aromatic heterocycles. The molecule has 0 aliphatic carbocycles. The largest absolute Gasteiger partial charge is 0.494 e. The highest BCUT2D eigenvalue weighted by Crippen LogP contribution is 2.32. The fraction of sp³-hybridized carbons (Fsp3) is 0.312. The number of hydrogen-bond acceptors (Lipinski definition) is 3. The normalized spacial score (nSPS) is 16.8. The molecule has 0 fully saturated rings. The van der Waals surface area contributed by atoms with Crippen LogP contribution in [0.2, 0.25) is 0 Å². The third-order valence-electron chi connectivity index (χ3n) is 3.49. The van der Waals surface area contributed by atoms with Crippen LogP contribution in [0.15, 0.2) is 42.6 Å². The van der Waals surface area contributed by atoms with E-state index < -0.39 is 0 Å². The summed E-state index contributed by atoms with van der Waals surface area (Å²) in [5.74, 6) is 2.49. The van der Waals surface area contributed by atoms with E-state index in [0.717, 1.165) is 24.5 Å². The molecule has 98 valence electrons. The molecule has 1 aliphatic heterocycles. The molecule has 1 aromatic carbocycles. The first-order valence-corrected chi connectivity index (χ1v) is 6.77. The van der Waals surface area contributed by atoms with Crippen molar-refractivity contribution in [1.82, 2.24) is 4.98 Å². The van der Waals surface area contributed by atoms with Crippen molar-refractivity contribution >= 4 is 5.82 Å². The standard InChI is InChI=1S/C16H18N2O/c1-2-19-14-6-3-5-12(10-14)9-13-11-18-16-15(13)7-4-8-17-16/h3-8,10,13H,2,9,11H2,1H3,(H,17,18). The SMILES string of the molecule is CCOc1cccc(CC2CNc3ncccc32)c1. The van der Waals surface area contributed by atoms with Gasteiger partial charge in [-0.2, -0.15) is 0 Å². The Bertz CT molecular complexity index is 568. The van der Waals surface area contributed by atoms with Gasteiger partial charge in [-0.3, -0.25) is 0 Å². The lowest BCUT2D eigenvalue weighted by Gasteiger charge is -2.11. The molecule has 0 spiro atoms. The smallest absolute Gasteiger partial charge is 0.129 e. The second-order valence-corrected chi connectivity index (χ2v) is 4.80. The van der Waals surface area contributed by atoms with Crippen LogP contribution in [0.4, 0.5) is 5.82 Å². The first-order valence-electron chi connectivity index (χ1n) is 6.77. The fourth-order valence-corrected chi connectivity index (χ4v) is 2.62. The Labute approximate surface area is 113 Å². The highest BCUT2D eigenvalue weighted by molar-refractivity contribution is 5.52. The van der Waals surface area contributed by atoms with Crippen LogP contribution in [-0.2, 0) is 6.42 Å². The highest BCUT2D eigenvalue weighted by Gasteiger charge is 2.22. The summed E-state index contributed by atoms with van der Waals surface area (Å²) in [4.78, 5) is 4.36. The van der Waals surface area contributed by atoms with Gasteiger partial charge in [-0.25, -0.2) is 4.98 Å². The molecule has 2 heterocycles. The van der Waals surface area contributed by atoms with Gasteiger partial charge in [0.25, 0.3) is 0 Å². The topological polar surface area (TPSA) is 34.1 Å². The molecule has 0 radical (unpaired) electrons. The third-order valence-corrected chi connectivity index (χ3v) is 3.49. The van der Waals surface area contributed by atoms with E-state index in [4.69, 9.17) is 4.74 Å². The first kappa shape index (κ1) is 12.0. The van der Waals surface area contributed by atoms with Gasteiger partial charge in [0.05, 0.1) is 6.61 Å². The number of benzene rings is 1. The van der Waals surface area contributed by atoms with E-state index in [9.17, 15) is 0 Å². The second-order valence-electron chi connectivity index (χ2n) is 4.80. The molecule has 19 heavy (non-hydrogen) atoms. The van der Waals surface area contributed by atoms with Crippen LogP contribution < -0.4 is 10.1 Å². The molecule has 3 rings (SSSR count). The Morgan fingerprint density at radius 1 is 1.32 bits per heavy atom. The Kier molecular flexibility index (Phi) is 3.36. The molecular formula is C16H18N2O. The van der Waals surface area contributed by atoms with Crippen LogP contribution in [-0.4, -0.2) is 18.1 Å². The zero-order valence-electron chi connectivity index (χ0n) is 11.1. The molecule has 1 N–H and O–H groups in total. The number of rotatable bonds is 4. The van der Waals surface area contributed by atoms with E-state index in [1.807, 2.05) is 25.3 Å². The Morgan fingerprint density at radius 3 is 3.16 bits per heavy atom. The van der Waals surface area contributed by atoms with Crippen molar-refractivity contribution in [2.24, 2.45) is 0 Å². The number of anilines is 1.